The summed E-state index contributed by atoms with van der Waals surface area (Å²) in [6.45, 7) is 4.07. The number of carbonyl (C=O) groups is 2. The van der Waals surface area contributed by atoms with Crippen molar-refractivity contribution in [2.24, 2.45) is 5.41 Å². The molecule has 1 aromatic rings. The lowest BCUT2D eigenvalue weighted by molar-refractivity contribution is -0.153. The fraction of sp³-hybridized carbons (Fsp3) is 0.462. The predicted molar refractivity (Wildman–Crippen MR) is 67.2 cm³/mol. The Bertz CT molecular complexity index is 477. The first kappa shape index (κ1) is 12.5. The number of anilines is 1. The molecule has 0 saturated carbocycles. The highest BCUT2D eigenvalue weighted by molar-refractivity contribution is 5.98. The number of aromatic nitrogens is 1. The summed E-state index contributed by atoms with van der Waals surface area (Å²) in [5, 5.41) is 0. The topological polar surface area (TPSA) is 76.3 Å². The van der Waals surface area contributed by atoms with Gasteiger partial charge in [0.25, 0.3) is 0 Å². The van der Waals surface area contributed by atoms with Crippen LogP contribution in [-0.2, 0) is 16.1 Å². The number of hydrogen-bond acceptors (Lipinski definition) is 4. The third-order valence-corrected chi connectivity index (χ3v) is 3.12. The van der Waals surface area contributed by atoms with Crippen LogP contribution in [0.5, 0.6) is 0 Å². The molecule has 1 aliphatic heterocycles. The van der Waals surface area contributed by atoms with Gasteiger partial charge >= 0.3 is 0 Å². The van der Waals surface area contributed by atoms with E-state index in [1.165, 1.54) is 4.90 Å². The number of imide groups is 1. The van der Waals surface area contributed by atoms with Gasteiger partial charge in [-0.05, 0) is 11.5 Å². The Hall–Kier alpha value is -1.91. The first-order valence-corrected chi connectivity index (χ1v) is 5.92. The number of nitrogens with zero attached hydrogens (tertiary/aromatic N) is 2. The van der Waals surface area contributed by atoms with E-state index < -0.39 is 0 Å². The van der Waals surface area contributed by atoms with Gasteiger partial charge in [0.15, 0.2) is 0 Å². The van der Waals surface area contributed by atoms with E-state index in [9.17, 15) is 9.59 Å². The molecule has 5 heteroatoms. The van der Waals surface area contributed by atoms with Crippen molar-refractivity contribution in [3.8, 4) is 0 Å². The lowest BCUT2D eigenvalue weighted by Gasteiger charge is -2.34. The van der Waals surface area contributed by atoms with E-state index in [1.807, 2.05) is 13.8 Å². The van der Waals surface area contributed by atoms with E-state index in [2.05, 4.69) is 4.98 Å². The van der Waals surface area contributed by atoms with Crippen LogP contribution >= 0.6 is 0 Å². The highest BCUT2D eigenvalue weighted by Gasteiger charge is 2.37. The van der Waals surface area contributed by atoms with Crippen LogP contribution in [-0.4, -0.2) is 21.7 Å². The number of hydrogen-bond donors (Lipinski definition) is 1. The van der Waals surface area contributed by atoms with Crippen molar-refractivity contribution in [3.63, 3.8) is 0 Å². The maximum atomic E-state index is 12.0. The summed E-state index contributed by atoms with van der Waals surface area (Å²) < 4.78 is 0. The second kappa shape index (κ2) is 4.40. The van der Waals surface area contributed by atoms with Gasteiger partial charge in [-0.2, -0.15) is 0 Å². The quantitative estimate of drug-likeness (QED) is 0.800. The zero-order chi connectivity index (χ0) is 13.3. The molecule has 0 spiro atoms. The van der Waals surface area contributed by atoms with E-state index in [0.29, 0.717) is 24.2 Å². The highest BCUT2D eigenvalue weighted by Crippen LogP contribution is 2.32. The molecule has 5 nitrogen and oxygen atoms in total. The second-order valence-corrected chi connectivity index (χ2v) is 5.44. The molecule has 0 unspecified atom stereocenters. The minimum Gasteiger partial charge on any atom is -0.383 e. The summed E-state index contributed by atoms with van der Waals surface area (Å²) in [7, 11) is 0. The zero-order valence-corrected chi connectivity index (χ0v) is 10.6. The Labute approximate surface area is 106 Å². The predicted octanol–water partition coefficient (Wildman–Crippen LogP) is 1.34. The number of rotatable bonds is 2. The van der Waals surface area contributed by atoms with Crippen LogP contribution in [0.25, 0.3) is 0 Å². The van der Waals surface area contributed by atoms with Crippen LogP contribution < -0.4 is 5.73 Å². The number of nitrogens with two attached hydrogens (primary N) is 1. The molecule has 0 aromatic carbocycles. The van der Waals surface area contributed by atoms with Crippen molar-refractivity contribution in [1.82, 2.24) is 9.88 Å². The van der Waals surface area contributed by atoms with Crippen LogP contribution in [0.4, 0.5) is 5.82 Å². The van der Waals surface area contributed by atoms with Crippen LogP contribution in [0, 0.1) is 5.41 Å². The van der Waals surface area contributed by atoms with Gasteiger partial charge in [0, 0.05) is 24.6 Å². The van der Waals surface area contributed by atoms with Gasteiger partial charge in [-0.25, -0.2) is 4.98 Å². The van der Waals surface area contributed by atoms with Gasteiger partial charge in [-0.15, -0.1) is 0 Å². The summed E-state index contributed by atoms with van der Waals surface area (Å²) in [6.07, 6.45) is 2.36. The van der Waals surface area contributed by atoms with Crippen LogP contribution in [0.3, 0.4) is 0 Å². The largest absolute Gasteiger partial charge is 0.383 e. The number of likely N-dealkylation sites (tertiary alicyclic amines) is 1. The van der Waals surface area contributed by atoms with Gasteiger partial charge in [-0.3, -0.25) is 14.5 Å². The molecule has 0 atom stereocenters. The fourth-order valence-corrected chi connectivity index (χ4v) is 2.14. The molecule has 2 rings (SSSR count). The molecular formula is C13H17N3O2. The van der Waals surface area contributed by atoms with Crippen molar-refractivity contribution in [1.29, 1.82) is 0 Å². The van der Waals surface area contributed by atoms with Crippen molar-refractivity contribution >= 4 is 17.6 Å². The van der Waals surface area contributed by atoms with Crippen molar-refractivity contribution < 1.29 is 9.59 Å². The van der Waals surface area contributed by atoms with Crippen molar-refractivity contribution in [2.75, 3.05) is 5.73 Å². The van der Waals surface area contributed by atoms with Crippen molar-refractivity contribution in [2.45, 2.75) is 33.2 Å². The van der Waals surface area contributed by atoms with Gasteiger partial charge < -0.3 is 5.73 Å². The summed E-state index contributed by atoms with van der Waals surface area (Å²) in [5.41, 5.74) is 6.18. The van der Waals surface area contributed by atoms with E-state index in [1.54, 1.807) is 18.3 Å². The number of piperidine rings is 1. The SMILES string of the molecule is CC1(C)CC(=O)N(Cc2cccnc2N)C(=O)C1. The van der Waals surface area contributed by atoms with Gasteiger partial charge in [0.05, 0.1) is 6.54 Å². The first-order chi connectivity index (χ1) is 8.39. The molecule has 1 aliphatic rings. The Morgan fingerprint density at radius 2 is 1.94 bits per heavy atom. The average Bonchev–Trinajstić information content (AvgIpc) is 2.24. The summed E-state index contributed by atoms with van der Waals surface area (Å²) in [6, 6.07) is 3.52. The monoisotopic (exact) mass is 247 g/mol. The molecular weight excluding hydrogens is 230 g/mol. The molecule has 0 radical (unpaired) electrons. The third-order valence-electron chi connectivity index (χ3n) is 3.12. The van der Waals surface area contributed by atoms with Crippen LogP contribution in [0.15, 0.2) is 18.3 Å². The molecule has 2 amide bonds. The molecule has 1 saturated heterocycles. The molecule has 2 N–H and O–H groups in total. The first-order valence-electron chi connectivity index (χ1n) is 5.92. The maximum absolute atomic E-state index is 12.0. The number of nitrogen functional groups attached to an aromatic ring is 1. The van der Waals surface area contributed by atoms with Gasteiger partial charge in [-0.1, -0.05) is 19.9 Å². The van der Waals surface area contributed by atoms with Crippen LogP contribution in [0.1, 0.15) is 32.3 Å². The average molecular weight is 247 g/mol. The lowest BCUT2D eigenvalue weighted by atomic mass is 9.81. The number of pyridine rings is 1. The Morgan fingerprint density at radius 3 is 2.50 bits per heavy atom. The molecule has 0 bridgehead atoms. The summed E-state index contributed by atoms with van der Waals surface area (Å²) in [5.74, 6) is 0.0851. The Balaban J connectivity index is 2.18. The minimum atomic E-state index is -0.245. The molecule has 1 aromatic heterocycles. The number of carbonyl (C=O) groups excluding carboxylic acids is 2. The zero-order valence-electron chi connectivity index (χ0n) is 10.6. The van der Waals surface area contributed by atoms with Crippen molar-refractivity contribution in [3.05, 3.63) is 23.9 Å². The maximum Gasteiger partial charge on any atom is 0.230 e. The fourth-order valence-electron chi connectivity index (χ4n) is 2.14. The minimum absolute atomic E-state index is 0.139. The number of amides is 2. The van der Waals surface area contributed by atoms with Gasteiger partial charge in [0.1, 0.15) is 5.82 Å². The molecule has 96 valence electrons. The second-order valence-electron chi connectivity index (χ2n) is 5.44. The Morgan fingerprint density at radius 1 is 1.33 bits per heavy atom. The lowest BCUT2D eigenvalue weighted by Crippen LogP contribution is -2.45. The van der Waals surface area contributed by atoms with Crippen LogP contribution in [0.2, 0.25) is 0 Å². The van der Waals surface area contributed by atoms with E-state index in [4.69, 9.17) is 5.73 Å². The van der Waals surface area contributed by atoms with E-state index in [-0.39, 0.29) is 23.8 Å². The molecule has 0 aliphatic carbocycles. The van der Waals surface area contributed by atoms with Gasteiger partial charge in [0.2, 0.25) is 11.8 Å². The highest BCUT2D eigenvalue weighted by atomic mass is 16.2. The normalized spacial score (nSPS) is 19.1. The molecule has 2 heterocycles. The molecule has 1 fully saturated rings. The third kappa shape index (κ3) is 2.50. The summed E-state index contributed by atoms with van der Waals surface area (Å²) >= 11 is 0. The Kier molecular flexibility index (Phi) is 3.07. The standard InChI is InChI=1S/C13H17N3O2/c1-13(2)6-10(17)16(11(18)7-13)8-9-4-3-5-15-12(9)14/h3-5H,6-8H2,1-2H3,(H2,14,15). The molecule has 18 heavy (non-hydrogen) atoms. The van der Waals surface area contributed by atoms with E-state index >= 15 is 0 Å². The summed E-state index contributed by atoms with van der Waals surface area (Å²) in [4.78, 5) is 29.2. The van der Waals surface area contributed by atoms with E-state index in [0.717, 1.165) is 0 Å². The smallest absolute Gasteiger partial charge is 0.230 e.